The van der Waals surface area contributed by atoms with Gasteiger partial charge < -0.3 is 5.11 Å². The van der Waals surface area contributed by atoms with Crippen molar-refractivity contribution in [2.24, 2.45) is 11.8 Å². The van der Waals surface area contributed by atoms with E-state index in [0.717, 1.165) is 43.1 Å². The van der Waals surface area contributed by atoms with Crippen molar-refractivity contribution in [3.05, 3.63) is 35.4 Å². The molecule has 1 aromatic rings. The molecular weight excluding hydrogens is 208 g/mol. The van der Waals surface area contributed by atoms with Crippen molar-refractivity contribution < 1.29 is 5.11 Å². The predicted octanol–water partition coefficient (Wildman–Crippen LogP) is 4.03. The van der Waals surface area contributed by atoms with Gasteiger partial charge >= 0.3 is 0 Å². The van der Waals surface area contributed by atoms with Crippen LogP contribution in [-0.2, 0) is 5.60 Å². The number of rotatable bonds is 2. The standard InChI is InChI=1S/C16H24O/c1-12(2)14-8-10-16(17,11-9-14)15-7-5-4-6-13(15)3/h4-7,12,14,17H,8-11H2,1-3H3. The van der Waals surface area contributed by atoms with Crippen LogP contribution >= 0.6 is 0 Å². The van der Waals surface area contributed by atoms with Crippen LogP contribution in [0.5, 0.6) is 0 Å². The van der Waals surface area contributed by atoms with Crippen LogP contribution in [0.25, 0.3) is 0 Å². The molecule has 0 aliphatic heterocycles. The van der Waals surface area contributed by atoms with Crippen molar-refractivity contribution in [2.75, 3.05) is 0 Å². The summed E-state index contributed by atoms with van der Waals surface area (Å²) in [6, 6.07) is 8.27. The quantitative estimate of drug-likeness (QED) is 0.816. The molecular formula is C16H24O. The van der Waals surface area contributed by atoms with Crippen LogP contribution in [0.1, 0.15) is 50.7 Å². The van der Waals surface area contributed by atoms with Crippen LogP contribution in [0, 0.1) is 18.8 Å². The molecule has 0 atom stereocenters. The number of aliphatic hydroxyl groups is 1. The molecule has 1 N–H and O–H groups in total. The van der Waals surface area contributed by atoms with E-state index in [4.69, 9.17) is 0 Å². The molecule has 1 nitrogen and oxygen atoms in total. The highest BCUT2D eigenvalue weighted by atomic mass is 16.3. The lowest BCUT2D eigenvalue weighted by Gasteiger charge is -2.38. The summed E-state index contributed by atoms with van der Waals surface area (Å²) >= 11 is 0. The number of aryl methyl sites for hydroxylation is 1. The van der Waals surface area contributed by atoms with Crippen LogP contribution in [-0.4, -0.2) is 5.11 Å². The topological polar surface area (TPSA) is 20.2 Å². The van der Waals surface area contributed by atoms with Crippen molar-refractivity contribution >= 4 is 0 Å². The predicted molar refractivity (Wildman–Crippen MR) is 71.9 cm³/mol. The third-order valence-electron chi connectivity index (χ3n) is 4.45. The molecule has 1 fully saturated rings. The van der Waals surface area contributed by atoms with Gasteiger partial charge in [0.05, 0.1) is 5.60 Å². The van der Waals surface area contributed by atoms with Gasteiger partial charge in [0.25, 0.3) is 0 Å². The summed E-state index contributed by atoms with van der Waals surface area (Å²) in [7, 11) is 0. The molecule has 94 valence electrons. The zero-order valence-electron chi connectivity index (χ0n) is 11.2. The van der Waals surface area contributed by atoms with Gasteiger partial charge in [-0.1, -0.05) is 38.1 Å². The van der Waals surface area contributed by atoms with Crippen molar-refractivity contribution in [1.29, 1.82) is 0 Å². The number of hydrogen-bond donors (Lipinski definition) is 1. The van der Waals surface area contributed by atoms with E-state index in [9.17, 15) is 5.11 Å². The molecule has 17 heavy (non-hydrogen) atoms. The average molecular weight is 232 g/mol. The van der Waals surface area contributed by atoms with Crippen molar-refractivity contribution in [2.45, 2.75) is 52.1 Å². The first-order valence-corrected chi connectivity index (χ1v) is 6.81. The fraction of sp³-hybridized carbons (Fsp3) is 0.625. The maximum atomic E-state index is 10.8. The summed E-state index contributed by atoms with van der Waals surface area (Å²) < 4.78 is 0. The van der Waals surface area contributed by atoms with Crippen molar-refractivity contribution in [3.63, 3.8) is 0 Å². The summed E-state index contributed by atoms with van der Waals surface area (Å²) in [5.41, 5.74) is 1.79. The maximum Gasteiger partial charge on any atom is 0.0899 e. The summed E-state index contributed by atoms with van der Waals surface area (Å²) in [6.45, 7) is 6.69. The van der Waals surface area contributed by atoms with E-state index in [1.165, 1.54) is 5.56 Å². The number of benzene rings is 1. The van der Waals surface area contributed by atoms with Gasteiger partial charge in [-0.05, 0) is 55.6 Å². The molecule has 1 aromatic carbocycles. The van der Waals surface area contributed by atoms with Crippen molar-refractivity contribution in [1.82, 2.24) is 0 Å². The normalized spacial score (nSPS) is 29.6. The SMILES string of the molecule is Cc1ccccc1C1(O)CCC(C(C)C)CC1. The second kappa shape index (κ2) is 4.81. The Kier molecular flexibility index (Phi) is 3.58. The Balaban J connectivity index is 2.15. The Hall–Kier alpha value is -0.820. The molecule has 0 saturated heterocycles. The average Bonchev–Trinajstić information content (AvgIpc) is 2.30. The Morgan fingerprint density at radius 2 is 1.76 bits per heavy atom. The summed E-state index contributed by atoms with van der Waals surface area (Å²) in [4.78, 5) is 0. The summed E-state index contributed by atoms with van der Waals surface area (Å²) in [5, 5.41) is 10.8. The van der Waals surface area contributed by atoms with Gasteiger partial charge in [0.1, 0.15) is 0 Å². The lowest BCUT2D eigenvalue weighted by atomic mass is 9.71. The first-order valence-electron chi connectivity index (χ1n) is 6.81. The van der Waals surface area contributed by atoms with E-state index >= 15 is 0 Å². The Bertz CT molecular complexity index is 373. The maximum absolute atomic E-state index is 10.8. The molecule has 1 aliphatic rings. The Morgan fingerprint density at radius 1 is 1.18 bits per heavy atom. The minimum absolute atomic E-state index is 0.573. The molecule has 0 bridgehead atoms. The molecule has 2 rings (SSSR count). The zero-order chi connectivity index (χ0) is 12.5. The monoisotopic (exact) mass is 232 g/mol. The van der Waals surface area contributed by atoms with Crippen LogP contribution in [0.3, 0.4) is 0 Å². The van der Waals surface area contributed by atoms with E-state index in [0.29, 0.717) is 0 Å². The van der Waals surface area contributed by atoms with E-state index in [2.05, 4.69) is 32.9 Å². The molecule has 0 spiro atoms. The van der Waals surface area contributed by atoms with Crippen molar-refractivity contribution in [3.8, 4) is 0 Å². The highest BCUT2D eigenvalue weighted by molar-refractivity contribution is 5.31. The molecule has 0 unspecified atom stereocenters. The first kappa shape index (κ1) is 12.6. The molecule has 0 amide bonds. The third-order valence-corrected chi connectivity index (χ3v) is 4.45. The number of hydrogen-bond acceptors (Lipinski definition) is 1. The first-order chi connectivity index (χ1) is 8.03. The smallest absolute Gasteiger partial charge is 0.0899 e. The van der Waals surface area contributed by atoms with E-state index in [1.54, 1.807) is 0 Å². The summed E-state index contributed by atoms with van der Waals surface area (Å²) in [5.74, 6) is 1.54. The van der Waals surface area contributed by atoms with Gasteiger partial charge in [0.2, 0.25) is 0 Å². The van der Waals surface area contributed by atoms with E-state index in [-0.39, 0.29) is 0 Å². The molecule has 0 aromatic heterocycles. The summed E-state index contributed by atoms with van der Waals surface area (Å²) in [6.07, 6.45) is 4.15. The highest BCUT2D eigenvalue weighted by Crippen LogP contribution is 2.42. The minimum atomic E-state index is -0.573. The van der Waals surface area contributed by atoms with Gasteiger partial charge in [-0.2, -0.15) is 0 Å². The second-order valence-corrected chi connectivity index (χ2v) is 5.93. The third kappa shape index (κ3) is 2.55. The molecule has 1 saturated carbocycles. The van der Waals surface area contributed by atoms with E-state index < -0.39 is 5.60 Å². The van der Waals surface area contributed by atoms with Crippen LogP contribution in [0.4, 0.5) is 0 Å². The molecule has 1 aliphatic carbocycles. The fourth-order valence-electron chi connectivity index (χ4n) is 3.15. The van der Waals surface area contributed by atoms with Gasteiger partial charge in [0, 0.05) is 0 Å². The Labute approximate surface area is 105 Å². The molecule has 1 heteroatoms. The van der Waals surface area contributed by atoms with Crippen LogP contribution in [0.15, 0.2) is 24.3 Å². The minimum Gasteiger partial charge on any atom is -0.385 e. The molecule has 0 heterocycles. The largest absolute Gasteiger partial charge is 0.385 e. The lowest BCUT2D eigenvalue weighted by Crippen LogP contribution is -2.33. The van der Waals surface area contributed by atoms with Crippen LogP contribution < -0.4 is 0 Å². The van der Waals surface area contributed by atoms with E-state index in [1.807, 2.05) is 12.1 Å². The van der Waals surface area contributed by atoms with Gasteiger partial charge in [0.15, 0.2) is 0 Å². The lowest BCUT2D eigenvalue weighted by molar-refractivity contribution is -0.0204. The second-order valence-electron chi connectivity index (χ2n) is 5.93. The van der Waals surface area contributed by atoms with Gasteiger partial charge in [-0.25, -0.2) is 0 Å². The van der Waals surface area contributed by atoms with Crippen LogP contribution in [0.2, 0.25) is 0 Å². The highest BCUT2D eigenvalue weighted by Gasteiger charge is 2.36. The van der Waals surface area contributed by atoms with Gasteiger partial charge in [-0.15, -0.1) is 0 Å². The zero-order valence-corrected chi connectivity index (χ0v) is 11.2. The Morgan fingerprint density at radius 3 is 2.29 bits per heavy atom. The fourth-order valence-corrected chi connectivity index (χ4v) is 3.15. The molecule has 0 radical (unpaired) electrons. The van der Waals surface area contributed by atoms with Gasteiger partial charge in [-0.3, -0.25) is 0 Å².